The van der Waals surface area contributed by atoms with Gasteiger partial charge in [-0.2, -0.15) is 0 Å². The van der Waals surface area contributed by atoms with Crippen LogP contribution in [-0.4, -0.2) is 59.4 Å². The molecule has 20 heavy (non-hydrogen) atoms. The summed E-state index contributed by atoms with van der Waals surface area (Å²) in [7, 11) is 0. The summed E-state index contributed by atoms with van der Waals surface area (Å²) < 4.78 is 0. The van der Waals surface area contributed by atoms with E-state index in [9.17, 15) is 9.59 Å². The van der Waals surface area contributed by atoms with E-state index in [4.69, 9.17) is 0 Å². The number of amides is 2. The maximum absolute atomic E-state index is 11.9. The van der Waals surface area contributed by atoms with Crippen molar-refractivity contribution in [2.45, 2.75) is 19.9 Å². The Morgan fingerprint density at radius 2 is 2.00 bits per heavy atom. The number of carbonyl (C=O) groups is 2. The first-order valence-electron chi connectivity index (χ1n) is 6.67. The lowest BCUT2D eigenvalue weighted by Crippen LogP contribution is -2.46. The molecule has 1 aliphatic rings. The summed E-state index contributed by atoms with van der Waals surface area (Å²) in [6.07, 6.45) is 2.26. The van der Waals surface area contributed by atoms with Crippen molar-refractivity contribution >= 4 is 18.1 Å². The molecule has 1 aliphatic heterocycles. The van der Waals surface area contributed by atoms with Crippen LogP contribution in [0.15, 0.2) is 12.4 Å². The highest BCUT2D eigenvalue weighted by Gasteiger charge is 2.18. The largest absolute Gasteiger partial charge is 0.353 e. The van der Waals surface area contributed by atoms with Gasteiger partial charge in [-0.3, -0.25) is 9.59 Å². The minimum atomic E-state index is -0.199. The van der Waals surface area contributed by atoms with E-state index >= 15 is 0 Å². The quantitative estimate of drug-likeness (QED) is 0.777. The molecule has 1 N–H and O–H groups in total. The van der Waals surface area contributed by atoms with Crippen LogP contribution in [0.3, 0.4) is 0 Å². The van der Waals surface area contributed by atoms with E-state index in [0.717, 1.165) is 12.2 Å². The first kappa shape index (κ1) is 14.2. The third-order valence-corrected chi connectivity index (χ3v) is 3.09. The summed E-state index contributed by atoms with van der Waals surface area (Å²) in [5.41, 5.74) is 0.363. The van der Waals surface area contributed by atoms with Crippen LogP contribution < -0.4 is 10.2 Å². The van der Waals surface area contributed by atoms with Gasteiger partial charge in [0.25, 0.3) is 5.91 Å². The molecular weight excluding hydrogens is 258 g/mol. The monoisotopic (exact) mass is 277 g/mol. The van der Waals surface area contributed by atoms with Crippen LogP contribution in [0.4, 0.5) is 5.82 Å². The number of nitrogens with one attached hydrogen (secondary N) is 1. The third kappa shape index (κ3) is 3.43. The molecule has 7 heteroatoms. The van der Waals surface area contributed by atoms with Gasteiger partial charge in [0.15, 0.2) is 0 Å². The zero-order valence-corrected chi connectivity index (χ0v) is 11.7. The fraction of sp³-hybridized carbons (Fsp3) is 0.538. The SMILES string of the molecule is CC(C)NC(=O)c1cc(N2CCN(C=O)CC2)ncn1. The van der Waals surface area contributed by atoms with E-state index in [-0.39, 0.29) is 11.9 Å². The molecular formula is C13H19N5O2. The number of piperazine rings is 1. The van der Waals surface area contributed by atoms with Crippen LogP contribution in [0.1, 0.15) is 24.3 Å². The average Bonchev–Trinajstić information content (AvgIpc) is 2.47. The zero-order valence-electron chi connectivity index (χ0n) is 11.7. The average molecular weight is 277 g/mol. The molecule has 0 bridgehead atoms. The van der Waals surface area contributed by atoms with Gasteiger partial charge in [0.1, 0.15) is 17.8 Å². The van der Waals surface area contributed by atoms with Gasteiger partial charge < -0.3 is 15.1 Å². The Morgan fingerprint density at radius 3 is 2.60 bits per heavy atom. The van der Waals surface area contributed by atoms with Gasteiger partial charge in [-0.05, 0) is 13.8 Å². The molecule has 0 saturated carbocycles. The standard InChI is InChI=1S/C13H19N5O2/c1-10(2)16-13(20)11-7-12(15-8-14-11)18-5-3-17(9-19)4-6-18/h7-10H,3-6H2,1-2H3,(H,16,20). The lowest BCUT2D eigenvalue weighted by Gasteiger charge is -2.33. The lowest BCUT2D eigenvalue weighted by atomic mass is 10.3. The first-order chi connectivity index (χ1) is 9.60. The van der Waals surface area contributed by atoms with Crippen molar-refractivity contribution in [3.63, 3.8) is 0 Å². The van der Waals surface area contributed by atoms with Crippen molar-refractivity contribution in [1.29, 1.82) is 0 Å². The summed E-state index contributed by atoms with van der Waals surface area (Å²) in [6.45, 7) is 6.56. The Hall–Kier alpha value is -2.18. The van der Waals surface area contributed by atoms with Crippen LogP contribution >= 0.6 is 0 Å². The molecule has 2 rings (SSSR count). The van der Waals surface area contributed by atoms with Crippen LogP contribution in [0.5, 0.6) is 0 Å². The van der Waals surface area contributed by atoms with Crippen molar-refractivity contribution in [2.24, 2.45) is 0 Å². The molecule has 1 fully saturated rings. The Bertz CT molecular complexity index is 483. The van der Waals surface area contributed by atoms with Crippen molar-refractivity contribution in [3.8, 4) is 0 Å². The maximum Gasteiger partial charge on any atom is 0.270 e. The summed E-state index contributed by atoms with van der Waals surface area (Å²) in [5, 5.41) is 2.80. The smallest absolute Gasteiger partial charge is 0.270 e. The molecule has 1 saturated heterocycles. The van der Waals surface area contributed by atoms with Crippen LogP contribution in [0, 0.1) is 0 Å². The Morgan fingerprint density at radius 1 is 1.30 bits per heavy atom. The number of nitrogens with zero attached hydrogens (tertiary/aromatic N) is 4. The van der Waals surface area contributed by atoms with E-state index in [0.29, 0.717) is 31.9 Å². The molecule has 0 aromatic carbocycles. The minimum Gasteiger partial charge on any atom is -0.353 e. The van der Waals surface area contributed by atoms with Crippen molar-refractivity contribution in [2.75, 3.05) is 31.1 Å². The van der Waals surface area contributed by atoms with Crippen LogP contribution in [-0.2, 0) is 4.79 Å². The highest BCUT2D eigenvalue weighted by Crippen LogP contribution is 2.13. The van der Waals surface area contributed by atoms with Crippen LogP contribution in [0.2, 0.25) is 0 Å². The number of hydrogen-bond donors (Lipinski definition) is 1. The van der Waals surface area contributed by atoms with E-state index < -0.39 is 0 Å². The summed E-state index contributed by atoms with van der Waals surface area (Å²) >= 11 is 0. The summed E-state index contributed by atoms with van der Waals surface area (Å²) in [6, 6.07) is 1.76. The molecule has 7 nitrogen and oxygen atoms in total. The Balaban J connectivity index is 2.06. The minimum absolute atomic E-state index is 0.0667. The van der Waals surface area contributed by atoms with Gasteiger partial charge in [0, 0.05) is 38.3 Å². The molecule has 2 amide bonds. The van der Waals surface area contributed by atoms with Gasteiger partial charge in [0.2, 0.25) is 6.41 Å². The van der Waals surface area contributed by atoms with Crippen molar-refractivity contribution in [1.82, 2.24) is 20.2 Å². The van der Waals surface area contributed by atoms with Gasteiger partial charge in [0.05, 0.1) is 0 Å². The second kappa shape index (κ2) is 6.31. The molecule has 1 aromatic heterocycles. The lowest BCUT2D eigenvalue weighted by molar-refractivity contribution is -0.118. The molecule has 1 aromatic rings. The number of carbonyl (C=O) groups excluding carboxylic acids is 2. The topological polar surface area (TPSA) is 78.4 Å². The Labute approximate surface area is 118 Å². The Kier molecular flexibility index (Phi) is 4.49. The molecule has 0 atom stereocenters. The van der Waals surface area contributed by atoms with E-state index in [2.05, 4.69) is 15.3 Å². The van der Waals surface area contributed by atoms with Crippen molar-refractivity contribution < 1.29 is 9.59 Å². The van der Waals surface area contributed by atoms with Crippen molar-refractivity contribution in [3.05, 3.63) is 18.1 Å². The van der Waals surface area contributed by atoms with Gasteiger partial charge >= 0.3 is 0 Å². The normalized spacial score (nSPS) is 15.3. The molecule has 2 heterocycles. The second-order valence-corrected chi connectivity index (χ2v) is 5.02. The van der Waals surface area contributed by atoms with Gasteiger partial charge in [-0.25, -0.2) is 9.97 Å². The predicted octanol–water partition coefficient (Wildman–Crippen LogP) is -0.107. The zero-order chi connectivity index (χ0) is 14.5. The maximum atomic E-state index is 11.9. The first-order valence-corrected chi connectivity index (χ1v) is 6.67. The molecule has 0 aliphatic carbocycles. The van der Waals surface area contributed by atoms with E-state index in [1.165, 1.54) is 6.33 Å². The molecule has 0 unspecified atom stereocenters. The highest BCUT2D eigenvalue weighted by atomic mass is 16.2. The predicted molar refractivity (Wildman–Crippen MR) is 74.5 cm³/mol. The summed E-state index contributed by atoms with van der Waals surface area (Å²) in [4.78, 5) is 34.6. The van der Waals surface area contributed by atoms with Gasteiger partial charge in [-0.15, -0.1) is 0 Å². The van der Waals surface area contributed by atoms with Gasteiger partial charge in [-0.1, -0.05) is 0 Å². The van der Waals surface area contributed by atoms with E-state index in [1.54, 1.807) is 11.0 Å². The number of hydrogen-bond acceptors (Lipinski definition) is 5. The summed E-state index contributed by atoms with van der Waals surface area (Å²) in [5.74, 6) is 0.523. The molecule has 0 radical (unpaired) electrons. The highest BCUT2D eigenvalue weighted by molar-refractivity contribution is 5.93. The second-order valence-electron chi connectivity index (χ2n) is 5.02. The van der Waals surface area contributed by atoms with E-state index in [1.807, 2.05) is 18.7 Å². The van der Waals surface area contributed by atoms with Crippen LogP contribution in [0.25, 0.3) is 0 Å². The molecule has 0 spiro atoms. The fourth-order valence-corrected chi connectivity index (χ4v) is 2.04. The number of rotatable bonds is 4. The number of anilines is 1. The fourth-order valence-electron chi connectivity index (χ4n) is 2.04. The molecule has 108 valence electrons. The number of aromatic nitrogens is 2. The third-order valence-electron chi connectivity index (χ3n) is 3.09.